The maximum atomic E-state index is 12.1. The zero-order valence-electron chi connectivity index (χ0n) is 11.5. The van der Waals surface area contributed by atoms with E-state index in [1.807, 2.05) is 6.92 Å². The lowest BCUT2D eigenvalue weighted by Crippen LogP contribution is -2.15. The second-order valence-corrected chi connectivity index (χ2v) is 6.54. The predicted octanol–water partition coefficient (Wildman–Crippen LogP) is 3.68. The number of hydrogen-bond donors (Lipinski definition) is 1. The van der Waals surface area contributed by atoms with Gasteiger partial charge in [0.2, 0.25) is 10.0 Å². The fraction of sp³-hybridized carbons (Fsp3) is 0.200. The fourth-order valence-corrected chi connectivity index (χ4v) is 3.33. The first-order chi connectivity index (χ1) is 10.00. The van der Waals surface area contributed by atoms with Gasteiger partial charge < -0.3 is 4.74 Å². The van der Waals surface area contributed by atoms with Crippen LogP contribution in [0.2, 0.25) is 5.02 Å². The lowest BCUT2D eigenvalue weighted by molar-refractivity contribution is 0.340. The van der Waals surface area contributed by atoms with Gasteiger partial charge in [0, 0.05) is 10.7 Å². The van der Waals surface area contributed by atoms with Crippen LogP contribution in [0.3, 0.4) is 0 Å². The van der Waals surface area contributed by atoms with E-state index in [0.29, 0.717) is 28.6 Å². The maximum absolute atomic E-state index is 12.1. The van der Waals surface area contributed by atoms with Crippen molar-refractivity contribution in [3.05, 3.63) is 59.1 Å². The summed E-state index contributed by atoms with van der Waals surface area (Å²) in [5.74, 6) is 0.534. The zero-order valence-corrected chi connectivity index (χ0v) is 13.1. The molecule has 0 aromatic heterocycles. The van der Waals surface area contributed by atoms with E-state index in [1.54, 1.807) is 48.5 Å². The number of benzene rings is 2. The maximum Gasteiger partial charge on any atom is 0.236 e. The lowest BCUT2D eigenvalue weighted by Gasteiger charge is -2.10. The topological polar surface area (TPSA) is 55.4 Å². The van der Waals surface area contributed by atoms with Crippen LogP contribution in [0.25, 0.3) is 0 Å². The minimum Gasteiger partial charge on any atom is -0.494 e. The molecular formula is C15H16ClNO3S. The van der Waals surface area contributed by atoms with Crippen molar-refractivity contribution in [2.75, 3.05) is 11.3 Å². The summed E-state index contributed by atoms with van der Waals surface area (Å²) in [5, 5.41) is 0.439. The molecule has 2 aromatic carbocycles. The molecule has 0 aliphatic rings. The van der Waals surface area contributed by atoms with Crippen LogP contribution in [-0.4, -0.2) is 15.0 Å². The van der Waals surface area contributed by atoms with Crippen LogP contribution in [0.15, 0.2) is 48.5 Å². The number of hydrogen-bond acceptors (Lipinski definition) is 3. The molecule has 0 fully saturated rings. The molecule has 6 heteroatoms. The summed E-state index contributed by atoms with van der Waals surface area (Å²) in [6.07, 6.45) is 0. The lowest BCUT2D eigenvalue weighted by atomic mass is 10.2. The van der Waals surface area contributed by atoms with Crippen molar-refractivity contribution in [1.29, 1.82) is 0 Å². The monoisotopic (exact) mass is 325 g/mol. The Morgan fingerprint density at radius 3 is 2.38 bits per heavy atom. The van der Waals surface area contributed by atoms with E-state index >= 15 is 0 Å². The number of anilines is 1. The van der Waals surface area contributed by atoms with E-state index in [4.69, 9.17) is 16.3 Å². The predicted molar refractivity (Wildman–Crippen MR) is 85.3 cm³/mol. The number of nitrogens with one attached hydrogen (secondary N) is 1. The Hall–Kier alpha value is -1.72. The molecule has 0 amide bonds. The van der Waals surface area contributed by atoms with E-state index in [2.05, 4.69) is 4.72 Å². The molecule has 0 aliphatic heterocycles. The minimum absolute atomic E-state index is 0.167. The summed E-state index contributed by atoms with van der Waals surface area (Å²) in [6, 6.07) is 13.6. The van der Waals surface area contributed by atoms with Gasteiger partial charge in [-0.15, -0.1) is 0 Å². The standard InChI is InChI=1S/C15H16ClNO3S/c1-2-20-14-9-7-13(8-10-14)17-21(18,19)11-12-5-3-4-6-15(12)16/h3-10,17H,2,11H2,1H3. The molecule has 21 heavy (non-hydrogen) atoms. The molecule has 0 atom stereocenters. The van der Waals surface area contributed by atoms with Gasteiger partial charge in [0.15, 0.2) is 0 Å². The highest BCUT2D eigenvalue weighted by Gasteiger charge is 2.13. The van der Waals surface area contributed by atoms with E-state index in [9.17, 15) is 8.42 Å². The van der Waals surface area contributed by atoms with Crippen molar-refractivity contribution in [1.82, 2.24) is 0 Å². The van der Waals surface area contributed by atoms with Gasteiger partial charge in [-0.25, -0.2) is 8.42 Å². The highest BCUT2D eigenvalue weighted by Crippen LogP contribution is 2.20. The average molecular weight is 326 g/mol. The summed E-state index contributed by atoms with van der Waals surface area (Å²) in [7, 11) is -3.51. The number of rotatable bonds is 6. The molecule has 2 rings (SSSR count). The van der Waals surface area contributed by atoms with Gasteiger partial charge in [0.25, 0.3) is 0 Å². The van der Waals surface area contributed by atoms with Crippen LogP contribution in [-0.2, 0) is 15.8 Å². The minimum atomic E-state index is -3.51. The number of sulfonamides is 1. The quantitative estimate of drug-likeness (QED) is 0.881. The Bertz CT molecular complexity index is 699. The van der Waals surface area contributed by atoms with Crippen molar-refractivity contribution in [3.63, 3.8) is 0 Å². The molecule has 0 radical (unpaired) electrons. The Kier molecular flexibility index (Phi) is 5.09. The summed E-state index contributed by atoms with van der Waals surface area (Å²) < 4.78 is 32.1. The third-order valence-corrected chi connectivity index (χ3v) is 4.35. The Balaban J connectivity index is 2.09. The third-order valence-electron chi connectivity index (χ3n) is 2.74. The molecule has 0 heterocycles. The van der Waals surface area contributed by atoms with Crippen molar-refractivity contribution in [2.24, 2.45) is 0 Å². The third kappa shape index (κ3) is 4.65. The smallest absolute Gasteiger partial charge is 0.236 e. The van der Waals surface area contributed by atoms with Crippen LogP contribution in [0.4, 0.5) is 5.69 Å². The van der Waals surface area contributed by atoms with Gasteiger partial charge in [0.05, 0.1) is 12.4 Å². The second kappa shape index (κ2) is 6.83. The van der Waals surface area contributed by atoms with Gasteiger partial charge in [-0.3, -0.25) is 4.72 Å². The van der Waals surface area contributed by atoms with Crippen LogP contribution >= 0.6 is 11.6 Å². The highest BCUT2D eigenvalue weighted by atomic mass is 35.5. The molecule has 0 saturated heterocycles. The first-order valence-corrected chi connectivity index (χ1v) is 8.50. The van der Waals surface area contributed by atoms with Gasteiger partial charge in [-0.05, 0) is 42.8 Å². The molecule has 0 unspecified atom stereocenters. The zero-order chi connectivity index (χ0) is 15.3. The van der Waals surface area contributed by atoms with Gasteiger partial charge in [-0.1, -0.05) is 29.8 Å². The molecule has 0 saturated carbocycles. The average Bonchev–Trinajstić information content (AvgIpc) is 2.43. The molecule has 0 bridgehead atoms. The molecule has 0 spiro atoms. The summed E-state index contributed by atoms with van der Waals surface area (Å²) >= 11 is 5.98. The van der Waals surface area contributed by atoms with Gasteiger partial charge in [-0.2, -0.15) is 0 Å². The number of ether oxygens (including phenoxy) is 1. The fourth-order valence-electron chi connectivity index (χ4n) is 1.82. The van der Waals surface area contributed by atoms with Crippen molar-refractivity contribution in [3.8, 4) is 5.75 Å². The number of halogens is 1. The van der Waals surface area contributed by atoms with E-state index in [1.165, 1.54) is 0 Å². The SMILES string of the molecule is CCOc1ccc(NS(=O)(=O)Cc2ccccc2Cl)cc1. The van der Waals surface area contributed by atoms with Gasteiger partial charge >= 0.3 is 0 Å². The molecule has 4 nitrogen and oxygen atoms in total. The van der Waals surface area contributed by atoms with Crippen LogP contribution in [0.5, 0.6) is 5.75 Å². The molecule has 2 aromatic rings. The van der Waals surface area contributed by atoms with Crippen LogP contribution < -0.4 is 9.46 Å². The van der Waals surface area contributed by atoms with Crippen molar-refractivity contribution < 1.29 is 13.2 Å². The van der Waals surface area contributed by atoms with E-state index in [-0.39, 0.29) is 5.75 Å². The Labute approximate surface area is 129 Å². The molecule has 112 valence electrons. The first kappa shape index (κ1) is 15.7. The molecule has 1 N–H and O–H groups in total. The Morgan fingerprint density at radius 2 is 1.76 bits per heavy atom. The molecule has 0 aliphatic carbocycles. The summed E-state index contributed by atoms with van der Waals surface area (Å²) in [6.45, 7) is 2.46. The largest absolute Gasteiger partial charge is 0.494 e. The highest BCUT2D eigenvalue weighted by molar-refractivity contribution is 7.91. The van der Waals surface area contributed by atoms with Gasteiger partial charge in [0.1, 0.15) is 5.75 Å². The van der Waals surface area contributed by atoms with Crippen LogP contribution in [0.1, 0.15) is 12.5 Å². The second-order valence-electron chi connectivity index (χ2n) is 4.41. The summed E-state index contributed by atoms with van der Waals surface area (Å²) in [5.41, 5.74) is 1.06. The van der Waals surface area contributed by atoms with E-state index < -0.39 is 10.0 Å². The normalized spacial score (nSPS) is 11.1. The Morgan fingerprint density at radius 1 is 1.10 bits per heavy atom. The molecular weight excluding hydrogens is 310 g/mol. The van der Waals surface area contributed by atoms with E-state index in [0.717, 1.165) is 0 Å². The van der Waals surface area contributed by atoms with Crippen molar-refractivity contribution >= 4 is 27.3 Å². The first-order valence-electron chi connectivity index (χ1n) is 6.47. The summed E-state index contributed by atoms with van der Waals surface area (Å²) in [4.78, 5) is 0. The van der Waals surface area contributed by atoms with Crippen molar-refractivity contribution in [2.45, 2.75) is 12.7 Å². The van der Waals surface area contributed by atoms with Crippen LogP contribution in [0, 0.1) is 0 Å².